The predicted octanol–water partition coefficient (Wildman–Crippen LogP) is 3.05. The highest BCUT2D eigenvalue weighted by Gasteiger charge is 2.33. The first-order chi connectivity index (χ1) is 8.55. The fourth-order valence-electron chi connectivity index (χ4n) is 3.24. The van der Waals surface area contributed by atoms with Crippen molar-refractivity contribution in [2.45, 2.75) is 71.9 Å². The number of rotatable bonds is 4. The van der Waals surface area contributed by atoms with Crippen LogP contribution in [0.1, 0.15) is 57.3 Å². The molecule has 0 amide bonds. The fraction of sp³-hybridized carbons (Fsp3) is 0.800. The van der Waals surface area contributed by atoms with Crippen LogP contribution in [0.25, 0.3) is 0 Å². The molecule has 1 aliphatic carbocycles. The van der Waals surface area contributed by atoms with Crippen LogP contribution in [-0.2, 0) is 13.0 Å². The molecule has 1 heterocycles. The molecule has 2 rings (SSSR count). The van der Waals surface area contributed by atoms with E-state index in [0.29, 0.717) is 5.41 Å². The van der Waals surface area contributed by atoms with Crippen LogP contribution in [0.3, 0.4) is 0 Å². The lowest BCUT2D eigenvalue weighted by atomic mass is 9.70. The van der Waals surface area contributed by atoms with Crippen LogP contribution in [0.5, 0.6) is 0 Å². The zero-order valence-corrected chi connectivity index (χ0v) is 12.1. The number of hydrogen-bond donors (Lipinski definition) is 1. The van der Waals surface area contributed by atoms with Gasteiger partial charge in [-0.3, -0.25) is 4.68 Å². The summed E-state index contributed by atoms with van der Waals surface area (Å²) in [6, 6.07) is 2.45. The lowest BCUT2D eigenvalue weighted by molar-refractivity contribution is 0.167. The van der Waals surface area contributed by atoms with Gasteiger partial charge >= 0.3 is 0 Å². The second kappa shape index (κ2) is 5.43. The van der Waals surface area contributed by atoms with Gasteiger partial charge in [0.15, 0.2) is 0 Å². The van der Waals surface area contributed by atoms with Crippen LogP contribution in [0.15, 0.2) is 6.07 Å². The summed E-state index contributed by atoms with van der Waals surface area (Å²) in [6.07, 6.45) is 7.60. The molecule has 0 aromatic carbocycles. The predicted molar refractivity (Wildman–Crippen MR) is 75.5 cm³/mol. The Morgan fingerprint density at radius 2 is 2.06 bits per heavy atom. The molecular weight excluding hydrogens is 222 g/mol. The summed E-state index contributed by atoms with van der Waals surface area (Å²) in [6.45, 7) is 7.51. The van der Waals surface area contributed by atoms with Crippen molar-refractivity contribution in [3.63, 3.8) is 0 Å². The molecule has 1 aromatic rings. The molecular formula is C15H27N3. The van der Waals surface area contributed by atoms with Gasteiger partial charge in [0, 0.05) is 24.7 Å². The average Bonchev–Trinajstić information content (AvgIpc) is 2.70. The van der Waals surface area contributed by atoms with Crippen molar-refractivity contribution in [2.24, 2.45) is 11.1 Å². The Morgan fingerprint density at radius 3 is 2.67 bits per heavy atom. The van der Waals surface area contributed by atoms with Crippen LogP contribution in [0.2, 0.25) is 0 Å². The molecule has 1 aliphatic rings. The normalized spacial score (nSPS) is 20.9. The third-order valence-electron chi connectivity index (χ3n) is 4.61. The summed E-state index contributed by atoms with van der Waals surface area (Å²) in [7, 11) is 0. The maximum Gasteiger partial charge on any atom is 0.0596 e. The molecule has 0 saturated heterocycles. The van der Waals surface area contributed by atoms with Crippen molar-refractivity contribution in [3.05, 3.63) is 17.5 Å². The molecule has 18 heavy (non-hydrogen) atoms. The Morgan fingerprint density at radius 1 is 1.39 bits per heavy atom. The summed E-state index contributed by atoms with van der Waals surface area (Å²) in [4.78, 5) is 0. The van der Waals surface area contributed by atoms with E-state index < -0.39 is 0 Å². The van der Waals surface area contributed by atoms with E-state index in [1.54, 1.807) is 0 Å². The highest BCUT2D eigenvalue weighted by Crippen LogP contribution is 2.38. The van der Waals surface area contributed by atoms with Crippen LogP contribution in [-0.4, -0.2) is 15.8 Å². The largest absolute Gasteiger partial charge is 0.327 e. The van der Waals surface area contributed by atoms with Gasteiger partial charge < -0.3 is 5.73 Å². The van der Waals surface area contributed by atoms with E-state index in [-0.39, 0.29) is 6.04 Å². The van der Waals surface area contributed by atoms with Crippen molar-refractivity contribution in [1.29, 1.82) is 0 Å². The molecule has 3 heteroatoms. The van der Waals surface area contributed by atoms with Crippen LogP contribution < -0.4 is 5.73 Å². The Balaban J connectivity index is 2.07. The van der Waals surface area contributed by atoms with Crippen molar-refractivity contribution < 1.29 is 0 Å². The van der Waals surface area contributed by atoms with E-state index in [4.69, 9.17) is 5.73 Å². The molecule has 0 radical (unpaired) electrons. The molecule has 0 spiro atoms. The Labute approximate surface area is 111 Å². The molecule has 3 nitrogen and oxygen atoms in total. The third kappa shape index (κ3) is 2.77. The zero-order chi connectivity index (χ0) is 13.2. The number of nitrogens with two attached hydrogens (primary N) is 1. The second-order valence-corrected chi connectivity index (χ2v) is 6.12. The smallest absolute Gasteiger partial charge is 0.0596 e. The van der Waals surface area contributed by atoms with Crippen molar-refractivity contribution >= 4 is 0 Å². The SMILES string of the molecule is CCn1nc(C)cc1CC(N)C1(C)CCCCC1. The first-order valence-electron chi connectivity index (χ1n) is 7.34. The molecule has 1 fully saturated rings. The van der Waals surface area contributed by atoms with Crippen LogP contribution in [0, 0.1) is 12.3 Å². The van der Waals surface area contributed by atoms with Crippen LogP contribution >= 0.6 is 0 Å². The summed E-state index contributed by atoms with van der Waals surface area (Å²) in [5, 5.41) is 4.51. The van der Waals surface area contributed by atoms with Gasteiger partial charge in [-0.25, -0.2) is 0 Å². The van der Waals surface area contributed by atoms with Gasteiger partial charge in [0.2, 0.25) is 0 Å². The lowest BCUT2D eigenvalue weighted by Gasteiger charge is -2.39. The molecule has 1 atom stereocenters. The maximum absolute atomic E-state index is 6.51. The molecule has 0 bridgehead atoms. The highest BCUT2D eigenvalue weighted by molar-refractivity contribution is 5.11. The summed E-state index contributed by atoms with van der Waals surface area (Å²) in [5.41, 5.74) is 9.24. The quantitative estimate of drug-likeness (QED) is 0.891. The van der Waals surface area contributed by atoms with Gasteiger partial charge in [0.25, 0.3) is 0 Å². The molecule has 1 aromatic heterocycles. The standard InChI is InChI=1S/C15H27N3/c1-4-18-13(10-12(2)17-18)11-14(16)15(3)8-6-5-7-9-15/h10,14H,4-9,11,16H2,1-3H3. The highest BCUT2D eigenvalue weighted by atomic mass is 15.3. The van der Waals surface area contributed by atoms with Crippen LogP contribution in [0.4, 0.5) is 0 Å². The number of nitrogens with zero attached hydrogens (tertiary/aromatic N) is 2. The van der Waals surface area contributed by atoms with Gasteiger partial charge in [-0.15, -0.1) is 0 Å². The topological polar surface area (TPSA) is 43.8 Å². The van der Waals surface area contributed by atoms with E-state index in [1.165, 1.54) is 37.8 Å². The van der Waals surface area contributed by atoms with E-state index in [9.17, 15) is 0 Å². The van der Waals surface area contributed by atoms with E-state index in [2.05, 4.69) is 36.6 Å². The molecule has 0 aliphatic heterocycles. The van der Waals surface area contributed by atoms with E-state index in [0.717, 1.165) is 18.7 Å². The summed E-state index contributed by atoms with van der Waals surface area (Å²) in [5.74, 6) is 0. The van der Waals surface area contributed by atoms with Gasteiger partial charge in [-0.05, 0) is 38.2 Å². The van der Waals surface area contributed by atoms with Gasteiger partial charge in [0.1, 0.15) is 0 Å². The third-order valence-corrected chi connectivity index (χ3v) is 4.61. The molecule has 2 N–H and O–H groups in total. The maximum atomic E-state index is 6.51. The minimum atomic E-state index is 0.263. The lowest BCUT2D eigenvalue weighted by Crippen LogP contribution is -2.42. The monoisotopic (exact) mass is 249 g/mol. The first kappa shape index (κ1) is 13.6. The van der Waals surface area contributed by atoms with E-state index in [1.807, 2.05) is 0 Å². The number of hydrogen-bond acceptors (Lipinski definition) is 2. The Hall–Kier alpha value is -0.830. The minimum absolute atomic E-state index is 0.263. The van der Waals surface area contributed by atoms with E-state index >= 15 is 0 Å². The first-order valence-corrected chi connectivity index (χ1v) is 7.34. The Bertz CT molecular complexity index is 388. The van der Waals surface area contributed by atoms with Crippen molar-refractivity contribution in [3.8, 4) is 0 Å². The second-order valence-electron chi connectivity index (χ2n) is 6.12. The average molecular weight is 249 g/mol. The van der Waals surface area contributed by atoms with Gasteiger partial charge in [0.05, 0.1) is 5.69 Å². The number of aryl methyl sites for hydroxylation is 2. The minimum Gasteiger partial charge on any atom is -0.327 e. The summed E-state index contributed by atoms with van der Waals surface area (Å²) < 4.78 is 2.10. The number of aromatic nitrogens is 2. The molecule has 102 valence electrons. The molecule has 1 unspecified atom stereocenters. The van der Waals surface area contributed by atoms with Crippen molar-refractivity contribution in [2.75, 3.05) is 0 Å². The van der Waals surface area contributed by atoms with Crippen molar-refractivity contribution in [1.82, 2.24) is 9.78 Å². The van der Waals surface area contributed by atoms with Gasteiger partial charge in [-0.2, -0.15) is 5.10 Å². The zero-order valence-electron chi connectivity index (χ0n) is 12.1. The Kier molecular flexibility index (Phi) is 4.10. The summed E-state index contributed by atoms with van der Waals surface area (Å²) >= 11 is 0. The van der Waals surface area contributed by atoms with Gasteiger partial charge in [-0.1, -0.05) is 26.2 Å². The fourth-order valence-corrected chi connectivity index (χ4v) is 3.24. The molecule has 1 saturated carbocycles.